The van der Waals surface area contributed by atoms with E-state index in [0.717, 1.165) is 45.8 Å². The summed E-state index contributed by atoms with van der Waals surface area (Å²) in [6, 6.07) is 19.3. The molecule has 0 aliphatic carbocycles. The maximum absolute atomic E-state index is 13.5. The van der Waals surface area contributed by atoms with E-state index < -0.39 is 6.04 Å². The number of amides is 2. The average Bonchev–Trinajstić information content (AvgIpc) is 3.36. The number of aryl methyl sites for hydroxylation is 1. The molecule has 1 aliphatic rings. The summed E-state index contributed by atoms with van der Waals surface area (Å²) in [7, 11) is 2.05. The molecule has 2 N–H and O–H groups in total. The zero-order valence-corrected chi connectivity index (χ0v) is 23.5. The van der Waals surface area contributed by atoms with Crippen LogP contribution >= 0.6 is 11.6 Å². The van der Waals surface area contributed by atoms with E-state index in [-0.39, 0.29) is 18.2 Å². The summed E-state index contributed by atoms with van der Waals surface area (Å²) < 4.78 is 2.86. The number of anilines is 1. The minimum absolute atomic E-state index is 0.234. The van der Waals surface area contributed by atoms with E-state index in [2.05, 4.69) is 22.6 Å². The number of hydrogen-bond acceptors (Lipinski definition) is 4. The summed E-state index contributed by atoms with van der Waals surface area (Å²) in [6.45, 7) is 6.07. The van der Waals surface area contributed by atoms with Gasteiger partial charge in [0.15, 0.2) is 11.9 Å². The van der Waals surface area contributed by atoms with Gasteiger partial charge >= 0.3 is 0 Å². The third-order valence-electron chi connectivity index (χ3n) is 7.43. The molecule has 4 aromatic rings. The molecule has 2 aromatic carbocycles. The zero-order valence-electron chi connectivity index (χ0n) is 22.8. The van der Waals surface area contributed by atoms with E-state index in [4.69, 9.17) is 11.6 Å². The highest BCUT2D eigenvalue weighted by Crippen LogP contribution is 2.27. The molecule has 1 aliphatic heterocycles. The summed E-state index contributed by atoms with van der Waals surface area (Å²) in [4.78, 5) is 29.2. The average molecular weight is 558 g/mol. The lowest BCUT2D eigenvalue weighted by molar-refractivity contribution is -0.611. The zero-order chi connectivity index (χ0) is 28.4. The second-order valence-corrected chi connectivity index (χ2v) is 10.7. The van der Waals surface area contributed by atoms with Crippen LogP contribution < -0.4 is 15.4 Å². The quantitative estimate of drug-likeness (QED) is 0.259. The number of halogens is 1. The Labute approximate surface area is 238 Å². The number of aromatic nitrogens is 2. The van der Waals surface area contributed by atoms with Gasteiger partial charge in [0.2, 0.25) is 5.91 Å². The van der Waals surface area contributed by atoms with Crippen LogP contribution in [0, 0.1) is 19.1 Å². The van der Waals surface area contributed by atoms with Crippen molar-refractivity contribution in [2.24, 2.45) is 0 Å². The van der Waals surface area contributed by atoms with Gasteiger partial charge in [-0.3, -0.25) is 14.5 Å². The molecule has 3 heterocycles. The maximum Gasteiger partial charge on any atom is 0.268 e. The monoisotopic (exact) mass is 557 g/mol. The van der Waals surface area contributed by atoms with Crippen molar-refractivity contribution in [2.45, 2.75) is 39.4 Å². The fraction of sp³-hybridized carbons (Fsp3) is 0.258. The first-order chi connectivity index (χ1) is 19.2. The standard InChI is InChI=1S/C31H32ClN5O3/c1-20-14-15-37(40)21(2)29(20)22-8-10-24(11-9-22)33-30(38)27(18-23-6-4-5-7-26(23)32)34-31(39)28-13-12-25-19-35(3)16-17-36(25)28/h4-15,27H,16-19H2,1-3H3,(H,33,38)(H,34,39)/t27-/m0/s1. The molecule has 0 saturated carbocycles. The van der Waals surface area contributed by atoms with Crippen LogP contribution in [0.25, 0.3) is 11.1 Å². The Kier molecular flexibility index (Phi) is 7.91. The minimum atomic E-state index is -0.859. The Morgan fingerprint density at radius 1 is 1.02 bits per heavy atom. The van der Waals surface area contributed by atoms with Crippen molar-refractivity contribution in [2.75, 3.05) is 18.9 Å². The molecule has 0 radical (unpaired) electrons. The molecule has 0 bridgehead atoms. The topological polar surface area (TPSA) is 93.3 Å². The summed E-state index contributed by atoms with van der Waals surface area (Å²) in [5, 5.41) is 18.5. The lowest BCUT2D eigenvalue weighted by Crippen LogP contribution is -2.46. The second kappa shape index (κ2) is 11.5. The fourth-order valence-corrected chi connectivity index (χ4v) is 5.43. The van der Waals surface area contributed by atoms with E-state index in [1.807, 2.05) is 54.0 Å². The van der Waals surface area contributed by atoms with Crippen molar-refractivity contribution in [1.29, 1.82) is 0 Å². The van der Waals surface area contributed by atoms with Crippen LogP contribution in [0.15, 0.2) is 72.9 Å². The van der Waals surface area contributed by atoms with Crippen LogP contribution in [-0.4, -0.2) is 40.9 Å². The predicted molar refractivity (Wildman–Crippen MR) is 156 cm³/mol. The van der Waals surface area contributed by atoms with Gasteiger partial charge in [0.05, 0.1) is 5.56 Å². The first-order valence-electron chi connectivity index (χ1n) is 13.2. The molecular formula is C31H32ClN5O3. The molecule has 1 atom stereocenters. The van der Waals surface area contributed by atoms with Gasteiger partial charge in [-0.25, -0.2) is 0 Å². The lowest BCUT2D eigenvalue weighted by atomic mass is 9.99. The van der Waals surface area contributed by atoms with Gasteiger partial charge in [-0.1, -0.05) is 41.9 Å². The maximum atomic E-state index is 13.5. The first kappa shape index (κ1) is 27.4. The fourth-order valence-electron chi connectivity index (χ4n) is 5.22. The van der Waals surface area contributed by atoms with Crippen LogP contribution in [-0.2, 0) is 24.3 Å². The molecule has 0 fully saturated rings. The Morgan fingerprint density at radius 2 is 1.77 bits per heavy atom. The van der Waals surface area contributed by atoms with Gasteiger partial charge in [-0.15, -0.1) is 0 Å². The first-order valence-corrected chi connectivity index (χ1v) is 13.6. The summed E-state index contributed by atoms with van der Waals surface area (Å²) in [5.41, 5.74) is 6.28. The lowest BCUT2D eigenvalue weighted by Gasteiger charge is -2.26. The number of likely N-dealkylation sites (N-methyl/N-ethyl adjacent to an activating group) is 1. The normalized spacial score (nSPS) is 13.9. The van der Waals surface area contributed by atoms with Gasteiger partial charge in [0, 0.05) is 55.4 Å². The summed E-state index contributed by atoms with van der Waals surface area (Å²) >= 11 is 6.41. The number of carbonyl (C=O) groups is 2. The third-order valence-corrected chi connectivity index (χ3v) is 7.80. The van der Waals surface area contributed by atoms with E-state index in [0.29, 0.717) is 28.6 Å². The molecular weight excluding hydrogens is 526 g/mol. The Hall–Kier alpha value is -4.14. The summed E-state index contributed by atoms with van der Waals surface area (Å²) in [6.07, 6.45) is 1.73. The number of fused-ring (bicyclic) bond motifs is 1. The highest BCUT2D eigenvalue weighted by atomic mass is 35.5. The number of nitrogens with zero attached hydrogens (tertiary/aromatic N) is 3. The third kappa shape index (κ3) is 5.73. The van der Waals surface area contributed by atoms with Crippen molar-refractivity contribution in [3.05, 3.63) is 111 Å². The second-order valence-electron chi connectivity index (χ2n) is 10.3. The van der Waals surface area contributed by atoms with E-state index in [1.54, 1.807) is 31.2 Å². The van der Waals surface area contributed by atoms with Gasteiger partial charge in [-0.05, 0) is 61.0 Å². The molecule has 0 unspecified atom stereocenters. The van der Waals surface area contributed by atoms with Crippen LogP contribution in [0.1, 0.15) is 33.0 Å². The Balaban J connectivity index is 1.37. The molecule has 206 valence electrons. The molecule has 40 heavy (non-hydrogen) atoms. The van der Waals surface area contributed by atoms with Crippen molar-refractivity contribution in [3.63, 3.8) is 0 Å². The summed E-state index contributed by atoms with van der Waals surface area (Å²) in [5.74, 6) is -0.657. The smallest absolute Gasteiger partial charge is 0.268 e. The van der Waals surface area contributed by atoms with E-state index >= 15 is 0 Å². The van der Waals surface area contributed by atoms with Crippen molar-refractivity contribution >= 4 is 29.1 Å². The largest absolute Gasteiger partial charge is 0.618 e. The molecule has 2 amide bonds. The highest BCUT2D eigenvalue weighted by Gasteiger charge is 2.26. The molecule has 0 spiro atoms. The van der Waals surface area contributed by atoms with E-state index in [1.165, 1.54) is 6.20 Å². The van der Waals surface area contributed by atoms with Crippen LogP contribution in [0.4, 0.5) is 5.69 Å². The number of benzene rings is 2. The number of hydrogen-bond donors (Lipinski definition) is 2. The predicted octanol–water partition coefficient (Wildman–Crippen LogP) is 4.48. The van der Waals surface area contributed by atoms with E-state index in [9.17, 15) is 14.8 Å². The van der Waals surface area contributed by atoms with Crippen LogP contribution in [0.5, 0.6) is 0 Å². The molecule has 5 rings (SSSR count). The molecule has 8 nitrogen and oxygen atoms in total. The number of nitrogens with one attached hydrogen (secondary N) is 2. The molecule has 0 saturated heterocycles. The van der Waals surface area contributed by atoms with Crippen LogP contribution in [0.2, 0.25) is 5.02 Å². The SMILES string of the molecule is Cc1cc[n+]([O-])c(C)c1-c1ccc(NC(=O)[C@H](Cc2ccccc2Cl)NC(=O)c2ccc3n2CCN(C)C3)cc1. The van der Waals surface area contributed by atoms with Crippen LogP contribution in [0.3, 0.4) is 0 Å². The number of pyridine rings is 1. The number of rotatable bonds is 7. The van der Waals surface area contributed by atoms with Crippen molar-refractivity contribution in [1.82, 2.24) is 14.8 Å². The molecule has 9 heteroatoms. The molecule has 2 aromatic heterocycles. The van der Waals surface area contributed by atoms with Crippen molar-refractivity contribution in [3.8, 4) is 11.1 Å². The van der Waals surface area contributed by atoms with Gasteiger partial charge in [0.25, 0.3) is 5.91 Å². The highest BCUT2D eigenvalue weighted by molar-refractivity contribution is 6.31. The number of carbonyl (C=O) groups excluding carboxylic acids is 2. The van der Waals surface area contributed by atoms with Gasteiger partial charge < -0.3 is 20.4 Å². The Bertz CT molecular complexity index is 1560. The van der Waals surface area contributed by atoms with Gasteiger partial charge in [0.1, 0.15) is 11.7 Å². The van der Waals surface area contributed by atoms with Crippen molar-refractivity contribution < 1.29 is 14.3 Å². The minimum Gasteiger partial charge on any atom is -0.618 e. The van der Waals surface area contributed by atoms with Gasteiger partial charge in [-0.2, -0.15) is 4.73 Å². The Morgan fingerprint density at radius 3 is 2.52 bits per heavy atom.